The van der Waals surface area contributed by atoms with Gasteiger partial charge in [0.1, 0.15) is 17.9 Å². The molecule has 3 aliphatic carbocycles. The Bertz CT molecular complexity index is 2000. The fourth-order valence-corrected chi connectivity index (χ4v) is 9.39. The van der Waals surface area contributed by atoms with E-state index in [0.29, 0.717) is 37.1 Å². The number of hydrogen-bond donors (Lipinski definition) is 4. The normalized spacial score (nSPS) is 25.4. The maximum absolute atomic E-state index is 12.9. The first-order valence-electron chi connectivity index (χ1n) is 21.9. The number of nitrogens with zero attached hydrogens (tertiary/aromatic N) is 2. The largest absolute Gasteiger partial charge is 0.462 e. The Morgan fingerprint density at radius 1 is 1.00 bits per heavy atom. The molecule has 2 heterocycles. The minimum absolute atomic E-state index is 0.00834. The van der Waals surface area contributed by atoms with E-state index in [2.05, 4.69) is 57.4 Å². The van der Waals surface area contributed by atoms with Crippen molar-refractivity contribution in [3.05, 3.63) is 77.4 Å². The molecule has 0 unspecified atom stereocenters. The molecular weight excluding hydrogens is 799 g/mol. The van der Waals surface area contributed by atoms with Gasteiger partial charge < -0.3 is 25.2 Å². The topological polar surface area (TPSA) is 203 Å². The second-order valence-corrected chi connectivity index (χ2v) is 19.5. The van der Waals surface area contributed by atoms with Crippen LogP contribution in [0.1, 0.15) is 127 Å². The molecule has 1 saturated heterocycles. The van der Waals surface area contributed by atoms with E-state index < -0.39 is 27.6 Å². The predicted octanol–water partition coefficient (Wildman–Crippen LogP) is 6.66. The van der Waals surface area contributed by atoms with Gasteiger partial charge in [-0.25, -0.2) is 22.9 Å². The maximum Gasteiger partial charge on any atom is 0.328 e. The van der Waals surface area contributed by atoms with Crippen LogP contribution in [0.3, 0.4) is 0 Å². The molecule has 1 saturated carbocycles. The summed E-state index contributed by atoms with van der Waals surface area (Å²) in [5.74, 6) is 0.456. The van der Waals surface area contributed by atoms with Gasteiger partial charge in [0.2, 0.25) is 0 Å². The Hall–Kier alpha value is -4.63. The summed E-state index contributed by atoms with van der Waals surface area (Å²) in [7, 11) is -3.95. The Labute approximate surface area is 361 Å². The molecule has 2 aromatic rings. The molecule has 4 N–H and O–H groups in total. The molecule has 1 aromatic carbocycles. The molecule has 1 aliphatic heterocycles. The minimum atomic E-state index is -3.95. The molecule has 61 heavy (non-hydrogen) atoms. The Morgan fingerprint density at radius 2 is 1.72 bits per heavy atom. The number of aryl methyl sites for hydroxylation is 1. The number of amides is 3. The summed E-state index contributed by atoms with van der Waals surface area (Å²) in [6, 6.07) is 5.53. The third-order valence-corrected chi connectivity index (χ3v) is 13.8. The maximum atomic E-state index is 12.9. The van der Waals surface area contributed by atoms with Crippen molar-refractivity contribution in [3.63, 3.8) is 0 Å². The van der Waals surface area contributed by atoms with Crippen LogP contribution in [-0.2, 0) is 35.5 Å². The van der Waals surface area contributed by atoms with E-state index in [9.17, 15) is 32.7 Å². The molecule has 1 aromatic heterocycles. The number of aliphatic hydroxyl groups excluding tert-OH is 1. The lowest BCUT2D eigenvalue weighted by molar-refractivity contribution is -0.166. The highest BCUT2D eigenvalue weighted by Crippen LogP contribution is 2.45. The van der Waals surface area contributed by atoms with Crippen LogP contribution in [0.25, 0.3) is 0 Å². The van der Waals surface area contributed by atoms with Gasteiger partial charge in [-0.2, -0.15) is 0 Å². The standard InChI is InChI=1S/C25H38O5.C21H27N5O4S/c1-6-25(4,5)24(28)30-21-12-15(2)11-17-8-7-16(3)20(23(17)21)10-9-19-13-18(26)14-22(27)29-19;1-15-13-24-19(14-23-15)20(27)22-12-11-16-7-9-18(10-8-16)31(29,30)26-21(28)25-17-5-3-2-4-6-17/h7-8,11,15-16,18-21,23,26H,6,9-10,12-14H2,1-5H3;7-10,13-14,17H,2-6,11-12H2,1H3,(H,22,27)(H2,25,26,28)/t15-,16-,18+,19+,20-,21-,23-;/m0./s1. The van der Waals surface area contributed by atoms with Gasteiger partial charge in [0.25, 0.3) is 15.9 Å². The van der Waals surface area contributed by atoms with Crippen molar-refractivity contribution in [2.45, 2.75) is 148 Å². The SMILES string of the molecule is CCC(C)(C)C(=O)O[C@H]1C[C@@H](C)C=C2C=C[C@H](C)[C@H](CC[C@@H]3C[C@@H](O)CC(=O)O3)[C@H]21.Cc1cnc(C(=O)NCCc2ccc(S(=O)(=O)NC(=O)NC3CCCCC3)cc2)cn1. The number of allylic oxidation sites excluding steroid dienone is 3. The first-order valence-corrected chi connectivity index (χ1v) is 23.4. The number of fused-ring (bicyclic) bond motifs is 1. The number of cyclic esters (lactones) is 1. The highest BCUT2D eigenvalue weighted by molar-refractivity contribution is 7.90. The summed E-state index contributed by atoms with van der Waals surface area (Å²) in [5.41, 5.74) is 2.60. The number of hydrogen-bond acceptors (Lipinski definition) is 11. The van der Waals surface area contributed by atoms with E-state index in [-0.39, 0.29) is 59.0 Å². The lowest BCUT2D eigenvalue weighted by Gasteiger charge is -2.44. The van der Waals surface area contributed by atoms with Crippen LogP contribution in [0.5, 0.6) is 0 Å². The lowest BCUT2D eigenvalue weighted by atomic mass is 9.65. The van der Waals surface area contributed by atoms with Crippen molar-refractivity contribution in [2.24, 2.45) is 29.1 Å². The van der Waals surface area contributed by atoms with E-state index in [1.165, 1.54) is 30.1 Å². The summed E-state index contributed by atoms with van der Waals surface area (Å²) >= 11 is 0. The fourth-order valence-electron chi connectivity index (χ4n) is 8.48. The zero-order valence-corrected chi connectivity index (χ0v) is 37.3. The molecule has 334 valence electrons. The van der Waals surface area contributed by atoms with E-state index >= 15 is 0 Å². The number of sulfonamides is 1. The summed E-state index contributed by atoms with van der Waals surface area (Å²) in [5, 5.41) is 15.4. The number of benzene rings is 1. The van der Waals surface area contributed by atoms with Gasteiger partial charge in [0.15, 0.2) is 0 Å². The van der Waals surface area contributed by atoms with Gasteiger partial charge >= 0.3 is 18.0 Å². The van der Waals surface area contributed by atoms with Crippen molar-refractivity contribution in [1.82, 2.24) is 25.3 Å². The highest BCUT2D eigenvalue weighted by Gasteiger charge is 2.43. The fraction of sp³-hybridized carbons (Fsp3) is 0.609. The second kappa shape index (κ2) is 21.4. The minimum Gasteiger partial charge on any atom is -0.462 e. The average Bonchev–Trinajstić information content (AvgIpc) is 3.21. The molecule has 7 atom stereocenters. The van der Waals surface area contributed by atoms with Gasteiger partial charge in [-0.1, -0.05) is 70.4 Å². The first kappa shape index (κ1) is 47.4. The lowest BCUT2D eigenvalue weighted by Crippen LogP contribution is -2.45. The van der Waals surface area contributed by atoms with E-state index in [1.54, 1.807) is 19.1 Å². The molecule has 2 fully saturated rings. The van der Waals surface area contributed by atoms with Gasteiger partial charge in [0.05, 0.1) is 34.7 Å². The van der Waals surface area contributed by atoms with Crippen molar-refractivity contribution < 1.29 is 42.2 Å². The van der Waals surface area contributed by atoms with E-state index in [1.807, 2.05) is 20.8 Å². The average molecular weight is 864 g/mol. The van der Waals surface area contributed by atoms with Crippen LogP contribution in [0.15, 0.2) is 65.4 Å². The van der Waals surface area contributed by atoms with Crippen LogP contribution in [-0.4, -0.2) is 78.3 Å². The summed E-state index contributed by atoms with van der Waals surface area (Å²) in [6.07, 6.45) is 18.0. The molecule has 0 spiro atoms. The highest BCUT2D eigenvalue weighted by atomic mass is 32.2. The number of esters is 2. The monoisotopic (exact) mass is 863 g/mol. The molecular formula is C46H65N5O9S. The third kappa shape index (κ3) is 13.7. The van der Waals surface area contributed by atoms with Gasteiger partial charge in [-0.05, 0) is 107 Å². The van der Waals surface area contributed by atoms with E-state index in [0.717, 1.165) is 69.0 Å². The zero-order valence-electron chi connectivity index (χ0n) is 36.5. The number of nitrogens with one attached hydrogen (secondary N) is 3. The molecule has 4 aliphatic rings. The Balaban J connectivity index is 0.000000231. The zero-order chi connectivity index (χ0) is 44.3. The number of aromatic nitrogens is 2. The summed E-state index contributed by atoms with van der Waals surface area (Å²) in [4.78, 5) is 56.7. The second-order valence-electron chi connectivity index (χ2n) is 17.9. The van der Waals surface area contributed by atoms with Crippen molar-refractivity contribution in [2.75, 3.05) is 6.54 Å². The van der Waals surface area contributed by atoms with Crippen LogP contribution in [0.4, 0.5) is 4.79 Å². The number of rotatable bonds is 13. The van der Waals surface area contributed by atoms with Gasteiger partial charge in [0, 0.05) is 31.1 Å². The van der Waals surface area contributed by atoms with E-state index in [4.69, 9.17) is 9.47 Å². The number of carbonyl (C=O) groups excluding carboxylic acids is 4. The van der Waals surface area contributed by atoms with Gasteiger partial charge in [-0.3, -0.25) is 19.4 Å². The van der Waals surface area contributed by atoms with Crippen molar-refractivity contribution in [3.8, 4) is 0 Å². The number of aliphatic hydroxyl groups is 1. The quantitative estimate of drug-likeness (QED) is 0.157. The Morgan fingerprint density at radius 3 is 2.38 bits per heavy atom. The molecule has 3 amide bonds. The third-order valence-electron chi connectivity index (χ3n) is 12.5. The van der Waals surface area contributed by atoms with Crippen LogP contribution in [0.2, 0.25) is 0 Å². The van der Waals surface area contributed by atoms with Crippen molar-refractivity contribution in [1.29, 1.82) is 0 Å². The first-order chi connectivity index (χ1) is 28.9. The molecule has 6 rings (SSSR count). The molecule has 15 heteroatoms. The molecule has 14 nitrogen and oxygen atoms in total. The Kier molecular flexibility index (Phi) is 16.7. The molecule has 0 bridgehead atoms. The summed E-state index contributed by atoms with van der Waals surface area (Å²) < 4.78 is 38.6. The van der Waals surface area contributed by atoms with Gasteiger partial charge in [-0.15, -0.1) is 0 Å². The van der Waals surface area contributed by atoms with Crippen LogP contribution >= 0.6 is 0 Å². The molecule has 0 radical (unpaired) electrons. The number of carbonyl (C=O) groups is 4. The smallest absolute Gasteiger partial charge is 0.328 e. The van der Waals surface area contributed by atoms with Crippen LogP contribution in [0, 0.1) is 36.0 Å². The number of urea groups is 1. The summed E-state index contributed by atoms with van der Waals surface area (Å²) in [6.45, 7) is 12.5. The van der Waals surface area contributed by atoms with Crippen molar-refractivity contribution >= 4 is 33.9 Å². The van der Waals surface area contributed by atoms with Crippen LogP contribution < -0.4 is 15.4 Å². The predicted molar refractivity (Wildman–Crippen MR) is 230 cm³/mol. The number of ether oxygens (including phenoxy) is 2.